The van der Waals surface area contributed by atoms with Gasteiger partial charge in [0.25, 0.3) is 0 Å². The van der Waals surface area contributed by atoms with E-state index in [1.165, 1.54) is 0 Å². The van der Waals surface area contributed by atoms with Gasteiger partial charge in [0.05, 0.1) is 0 Å². The van der Waals surface area contributed by atoms with Crippen LogP contribution < -0.4 is 15.8 Å². The highest BCUT2D eigenvalue weighted by Crippen LogP contribution is 2.16. The number of hydrogen-bond acceptors (Lipinski definition) is 4. The van der Waals surface area contributed by atoms with Crippen LogP contribution >= 0.6 is 0 Å². The third-order valence-electron chi connectivity index (χ3n) is 2.88. The van der Waals surface area contributed by atoms with Crippen molar-refractivity contribution in [2.45, 2.75) is 13.3 Å². The molecule has 1 rings (SSSR count). The third kappa shape index (κ3) is 6.54. The van der Waals surface area contributed by atoms with Crippen molar-refractivity contribution in [3.05, 3.63) is 24.3 Å². The van der Waals surface area contributed by atoms with E-state index in [4.69, 9.17) is 10.5 Å². The van der Waals surface area contributed by atoms with E-state index in [9.17, 15) is 4.79 Å². The van der Waals surface area contributed by atoms with Crippen LogP contribution in [0.5, 0.6) is 5.75 Å². The van der Waals surface area contributed by atoms with Gasteiger partial charge in [0, 0.05) is 18.7 Å². The molecule has 0 aromatic heterocycles. The standard InChI is InChI=1S/C15H25N3O2/c1-12(11-16)10-15(19)17-13-4-6-14(7-5-13)20-9-8-18(2)3/h4-7,12H,8-11,16H2,1-3H3,(H,17,19). The van der Waals surface area contributed by atoms with E-state index in [0.29, 0.717) is 19.6 Å². The first-order chi connectivity index (χ1) is 9.51. The summed E-state index contributed by atoms with van der Waals surface area (Å²) in [5, 5.41) is 2.85. The molecule has 0 aliphatic heterocycles. The van der Waals surface area contributed by atoms with Gasteiger partial charge >= 0.3 is 0 Å². The van der Waals surface area contributed by atoms with Crippen molar-refractivity contribution in [2.24, 2.45) is 11.7 Å². The summed E-state index contributed by atoms with van der Waals surface area (Å²) in [5.41, 5.74) is 6.28. The Morgan fingerprint density at radius 3 is 2.55 bits per heavy atom. The van der Waals surface area contributed by atoms with Gasteiger partial charge in [-0.1, -0.05) is 6.92 Å². The first-order valence-corrected chi connectivity index (χ1v) is 6.88. The fraction of sp³-hybridized carbons (Fsp3) is 0.533. The molecule has 1 aromatic rings. The first-order valence-electron chi connectivity index (χ1n) is 6.88. The lowest BCUT2D eigenvalue weighted by molar-refractivity contribution is -0.116. The van der Waals surface area contributed by atoms with E-state index in [2.05, 4.69) is 10.2 Å². The van der Waals surface area contributed by atoms with Crippen LogP contribution in [0.4, 0.5) is 5.69 Å². The number of likely N-dealkylation sites (N-methyl/N-ethyl adjacent to an activating group) is 1. The summed E-state index contributed by atoms with van der Waals surface area (Å²) in [7, 11) is 4.01. The van der Waals surface area contributed by atoms with Gasteiger partial charge in [-0.2, -0.15) is 0 Å². The second-order valence-corrected chi connectivity index (χ2v) is 5.27. The predicted octanol–water partition coefficient (Wildman–Crippen LogP) is 1.55. The van der Waals surface area contributed by atoms with Crippen molar-refractivity contribution in [2.75, 3.05) is 39.1 Å². The van der Waals surface area contributed by atoms with Crippen molar-refractivity contribution < 1.29 is 9.53 Å². The molecule has 5 heteroatoms. The number of amides is 1. The van der Waals surface area contributed by atoms with Crippen LogP contribution in [0.2, 0.25) is 0 Å². The second kappa shape index (κ2) is 8.55. The van der Waals surface area contributed by atoms with Crippen LogP contribution in [0.15, 0.2) is 24.3 Å². The predicted molar refractivity (Wildman–Crippen MR) is 82.0 cm³/mol. The molecule has 0 radical (unpaired) electrons. The van der Waals surface area contributed by atoms with Gasteiger partial charge in [-0.15, -0.1) is 0 Å². The molecule has 1 aromatic carbocycles. The molecule has 0 saturated carbocycles. The summed E-state index contributed by atoms with van der Waals surface area (Å²) < 4.78 is 5.59. The number of hydrogen-bond donors (Lipinski definition) is 2. The lowest BCUT2D eigenvalue weighted by Gasteiger charge is -2.12. The molecule has 112 valence electrons. The highest BCUT2D eigenvalue weighted by Gasteiger charge is 2.07. The van der Waals surface area contributed by atoms with Crippen LogP contribution in [0.25, 0.3) is 0 Å². The molecule has 0 saturated heterocycles. The van der Waals surface area contributed by atoms with E-state index >= 15 is 0 Å². The molecule has 1 unspecified atom stereocenters. The molecule has 0 spiro atoms. The van der Waals surface area contributed by atoms with Crippen LogP contribution in [-0.4, -0.2) is 44.6 Å². The molecule has 0 aliphatic rings. The number of rotatable bonds is 8. The minimum Gasteiger partial charge on any atom is -0.492 e. The molecule has 0 fully saturated rings. The molecular weight excluding hydrogens is 254 g/mol. The lowest BCUT2D eigenvalue weighted by Crippen LogP contribution is -2.20. The number of anilines is 1. The number of nitrogens with two attached hydrogens (primary N) is 1. The van der Waals surface area contributed by atoms with E-state index in [0.717, 1.165) is 18.0 Å². The Bertz CT molecular complexity index is 404. The van der Waals surface area contributed by atoms with E-state index in [1.54, 1.807) is 0 Å². The molecule has 0 aliphatic carbocycles. The van der Waals surface area contributed by atoms with E-state index in [-0.39, 0.29) is 11.8 Å². The van der Waals surface area contributed by atoms with Crippen molar-refractivity contribution in [1.29, 1.82) is 0 Å². The summed E-state index contributed by atoms with van der Waals surface area (Å²) in [5.74, 6) is 0.994. The Morgan fingerprint density at radius 2 is 2.00 bits per heavy atom. The van der Waals surface area contributed by atoms with Crippen molar-refractivity contribution in [3.8, 4) is 5.75 Å². The van der Waals surface area contributed by atoms with Gasteiger partial charge in [-0.05, 0) is 50.8 Å². The van der Waals surface area contributed by atoms with E-state index < -0.39 is 0 Å². The molecular formula is C15H25N3O2. The minimum atomic E-state index is -0.00998. The molecule has 20 heavy (non-hydrogen) atoms. The highest BCUT2D eigenvalue weighted by atomic mass is 16.5. The molecule has 0 bridgehead atoms. The average Bonchev–Trinajstić information content (AvgIpc) is 2.40. The Hall–Kier alpha value is -1.59. The SMILES string of the molecule is CC(CN)CC(=O)Nc1ccc(OCCN(C)C)cc1. The number of nitrogens with zero attached hydrogens (tertiary/aromatic N) is 1. The van der Waals surface area contributed by atoms with Crippen molar-refractivity contribution >= 4 is 11.6 Å². The topological polar surface area (TPSA) is 67.6 Å². The van der Waals surface area contributed by atoms with Gasteiger partial charge in [0.1, 0.15) is 12.4 Å². The molecule has 5 nitrogen and oxygen atoms in total. The quantitative estimate of drug-likeness (QED) is 0.757. The monoisotopic (exact) mass is 279 g/mol. The Balaban J connectivity index is 2.40. The summed E-state index contributed by atoms with van der Waals surface area (Å²) in [6.45, 7) is 4.00. The summed E-state index contributed by atoms with van der Waals surface area (Å²) in [6, 6.07) is 7.40. The van der Waals surface area contributed by atoms with Crippen molar-refractivity contribution in [3.63, 3.8) is 0 Å². The number of benzene rings is 1. The number of nitrogens with one attached hydrogen (secondary N) is 1. The maximum Gasteiger partial charge on any atom is 0.224 e. The van der Waals surface area contributed by atoms with Crippen LogP contribution in [0, 0.1) is 5.92 Å². The minimum absolute atomic E-state index is 0.00998. The summed E-state index contributed by atoms with van der Waals surface area (Å²) in [4.78, 5) is 13.8. The fourth-order valence-corrected chi connectivity index (χ4v) is 1.59. The van der Waals surface area contributed by atoms with Gasteiger partial charge in [-0.25, -0.2) is 0 Å². The number of ether oxygens (including phenoxy) is 1. The Morgan fingerprint density at radius 1 is 1.35 bits per heavy atom. The molecule has 0 heterocycles. The molecule has 3 N–H and O–H groups in total. The third-order valence-corrected chi connectivity index (χ3v) is 2.88. The van der Waals surface area contributed by atoms with Crippen LogP contribution in [0.1, 0.15) is 13.3 Å². The summed E-state index contributed by atoms with van der Waals surface area (Å²) >= 11 is 0. The number of carbonyl (C=O) groups is 1. The second-order valence-electron chi connectivity index (χ2n) is 5.27. The Kier molecular flexibility index (Phi) is 7.04. The smallest absolute Gasteiger partial charge is 0.224 e. The maximum absolute atomic E-state index is 11.7. The zero-order valence-electron chi connectivity index (χ0n) is 12.6. The number of carbonyl (C=O) groups excluding carboxylic acids is 1. The first kappa shape index (κ1) is 16.5. The molecule has 1 atom stereocenters. The zero-order valence-corrected chi connectivity index (χ0v) is 12.6. The molecule has 1 amide bonds. The zero-order chi connectivity index (χ0) is 15.0. The van der Waals surface area contributed by atoms with Gasteiger partial charge in [-0.3, -0.25) is 4.79 Å². The van der Waals surface area contributed by atoms with Gasteiger partial charge in [0.2, 0.25) is 5.91 Å². The lowest BCUT2D eigenvalue weighted by atomic mass is 10.1. The largest absolute Gasteiger partial charge is 0.492 e. The van der Waals surface area contributed by atoms with Crippen molar-refractivity contribution in [1.82, 2.24) is 4.90 Å². The van der Waals surface area contributed by atoms with Crippen LogP contribution in [0.3, 0.4) is 0 Å². The van der Waals surface area contributed by atoms with Gasteiger partial charge < -0.3 is 20.7 Å². The van der Waals surface area contributed by atoms with Gasteiger partial charge in [0.15, 0.2) is 0 Å². The van der Waals surface area contributed by atoms with E-state index in [1.807, 2.05) is 45.3 Å². The normalized spacial score (nSPS) is 12.2. The summed E-state index contributed by atoms with van der Waals surface area (Å²) in [6.07, 6.45) is 0.442. The fourth-order valence-electron chi connectivity index (χ4n) is 1.59. The maximum atomic E-state index is 11.7. The van der Waals surface area contributed by atoms with Crippen LogP contribution in [-0.2, 0) is 4.79 Å². The Labute approximate surface area is 121 Å². The highest BCUT2D eigenvalue weighted by molar-refractivity contribution is 5.90. The average molecular weight is 279 g/mol.